The van der Waals surface area contributed by atoms with Crippen LogP contribution in [0.2, 0.25) is 0 Å². The number of thiocarbonyl (C=S) groups is 1. The second-order valence-corrected chi connectivity index (χ2v) is 5.02. The maximum atomic E-state index is 5.37. The molecule has 0 fully saturated rings. The number of hydrogen-bond acceptors (Lipinski definition) is 1. The van der Waals surface area contributed by atoms with Crippen LogP contribution in [0.15, 0.2) is 30.3 Å². The second-order valence-electron chi connectivity index (χ2n) is 4.63. The molecule has 1 aromatic carbocycles. The van der Waals surface area contributed by atoms with E-state index < -0.39 is 0 Å². The molecule has 18 heavy (non-hydrogen) atoms. The molecule has 0 amide bonds. The molecular formula is C15H24N2S. The van der Waals surface area contributed by atoms with E-state index in [2.05, 4.69) is 41.4 Å². The Labute approximate surface area is 116 Å². The van der Waals surface area contributed by atoms with E-state index in [0.29, 0.717) is 0 Å². The molecule has 3 heteroatoms. The van der Waals surface area contributed by atoms with Crippen molar-refractivity contribution >= 4 is 17.3 Å². The molecule has 2 nitrogen and oxygen atoms in total. The molecule has 0 heterocycles. The van der Waals surface area contributed by atoms with Crippen molar-refractivity contribution < 1.29 is 0 Å². The summed E-state index contributed by atoms with van der Waals surface area (Å²) in [6, 6.07) is 10.4. The number of hydrogen-bond donors (Lipinski definition) is 1. The Morgan fingerprint density at radius 1 is 1.17 bits per heavy atom. The van der Waals surface area contributed by atoms with Crippen LogP contribution in [0.3, 0.4) is 0 Å². The van der Waals surface area contributed by atoms with Gasteiger partial charge in [0.15, 0.2) is 5.11 Å². The predicted octanol–water partition coefficient (Wildman–Crippen LogP) is 3.57. The van der Waals surface area contributed by atoms with Gasteiger partial charge in [0.1, 0.15) is 0 Å². The molecule has 0 aliphatic rings. The number of benzene rings is 1. The first kappa shape index (κ1) is 15.0. The Hall–Kier alpha value is -1.09. The van der Waals surface area contributed by atoms with Crippen LogP contribution in [0.25, 0.3) is 0 Å². The Bertz CT molecular complexity index is 338. The van der Waals surface area contributed by atoms with Crippen LogP contribution in [-0.4, -0.2) is 23.6 Å². The van der Waals surface area contributed by atoms with Gasteiger partial charge in [-0.1, -0.05) is 56.5 Å². The molecule has 0 saturated heterocycles. The topological polar surface area (TPSA) is 15.3 Å². The highest BCUT2D eigenvalue weighted by Gasteiger charge is 2.03. The maximum absolute atomic E-state index is 5.37. The quantitative estimate of drug-likeness (QED) is 0.598. The SMILES string of the molecule is CCCCCCNC(=S)N(C)Cc1ccccc1. The first-order valence-corrected chi connectivity index (χ1v) is 7.17. The minimum atomic E-state index is 0.843. The van der Waals surface area contributed by atoms with E-state index in [9.17, 15) is 0 Å². The molecule has 100 valence electrons. The highest BCUT2D eigenvalue weighted by atomic mass is 32.1. The third kappa shape index (κ3) is 6.01. The molecule has 0 aliphatic heterocycles. The van der Waals surface area contributed by atoms with Crippen LogP contribution in [-0.2, 0) is 6.54 Å². The lowest BCUT2D eigenvalue weighted by Gasteiger charge is -2.21. The van der Waals surface area contributed by atoms with Gasteiger partial charge in [0, 0.05) is 20.1 Å². The smallest absolute Gasteiger partial charge is 0.168 e. The fourth-order valence-corrected chi connectivity index (χ4v) is 1.98. The summed E-state index contributed by atoms with van der Waals surface area (Å²) in [5.74, 6) is 0. The molecule has 0 radical (unpaired) electrons. The van der Waals surface area contributed by atoms with Crippen LogP contribution in [0.1, 0.15) is 38.2 Å². The lowest BCUT2D eigenvalue weighted by molar-refractivity contribution is 0.486. The van der Waals surface area contributed by atoms with Gasteiger partial charge >= 0.3 is 0 Å². The number of nitrogens with one attached hydrogen (secondary N) is 1. The van der Waals surface area contributed by atoms with Crippen molar-refractivity contribution in [3.05, 3.63) is 35.9 Å². The van der Waals surface area contributed by atoms with Gasteiger partial charge in [-0.2, -0.15) is 0 Å². The fraction of sp³-hybridized carbons (Fsp3) is 0.533. The average molecular weight is 264 g/mol. The van der Waals surface area contributed by atoms with Gasteiger partial charge in [0.25, 0.3) is 0 Å². The molecule has 0 aliphatic carbocycles. The minimum Gasteiger partial charge on any atom is -0.363 e. The van der Waals surface area contributed by atoms with E-state index in [-0.39, 0.29) is 0 Å². The third-order valence-electron chi connectivity index (χ3n) is 2.92. The largest absolute Gasteiger partial charge is 0.363 e. The summed E-state index contributed by atoms with van der Waals surface area (Å²) in [5, 5.41) is 4.16. The Kier molecular flexibility index (Phi) is 7.42. The molecule has 0 saturated carbocycles. The van der Waals surface area contributed by atoms with Crippen molar-refractivity contribution in [1.29, 1.82) is 0 Å². The summed E-state index contributed by atoms with van der Waals surface area (Å²) in [4.78, 5) is 2.09. The van der Waals surface area contributed by atoms with Crippen molar-refractivity contribution in [3.8, 4) is 0 Å². The molecule has 1 rings (SSSR count). The van der Waals surface area contributed by atoms with Gasteiger partial charge in [-0.25, -0.2) is 0 Å². The fourth-order valence-electron chi connectivity index (χ4n) is 1.81. The molecule has 1 N–H and O–H groups in total. The summed E-state index contributed by atoms with van der Waals surface area (Å²) in [5.41, 5.74) is 1.29. The molecule has 0 bridgehead atoms. The molecule has 1 aromatic rings. The van der Waals surface area contributed by atoms with Crippen molar-refractivity contribution in [2.75, 3.05) is 13.6 Å². The number of nitrogens with zero attached hydrogens (tertiary/aromatic N) is 1. The number of unbranched alkanes of at least 4 members (excludes halogenated alkanes) is 3. The molecule has 0 aromatic heterocycles. The Morgan fingerprint density at radius 3 is 2.56 bits per heavy atom. The van der Waals surface area contributed by atoms with E-state index in [1.54, 1.807) is 0 Å². The summed E-state index contributed by atoms with van der Waals surface area (Å²) in [7, 11) is 2.04. The van der Waals surface area contributed by atoms with Crippen molar-refractivity contribution in [2.45, 2.75) is 39.2 Å². The summed E-state index contributed by atoms with van der Waals surface area (Å²) in [6.07, 6.45) is 5.08. The van der Waals surface area contributed by atoms with Gasteiger partial charge in [-0.3, -0.25) is 0 Å². The Morgan fingerprint density at radius 2 is 1.89 bits per heavy atom. The van der Waals surface area contributed by atoms with Crippen molar-refractivity contribution in [3.63, 3.8) is 0 Å². The predicted molar refractivity (Wildman–Crippen MR) is 82.7 cm³/mol. The van der Waals surface area contributed by atoms with Crippen LogP contribution in [0.5, 0.6) is 0 Å². The van der Waals surface area contributed by atoms with Crippen LogP contribution in [0, 0.1) is 0 Å². The zero-order valence-corrected chi connectivity index (χ0v) is 12.3. The van der Waals surface area contributed by atoms with Gasteiger partial charge < -0.3 is 10.2 Å². The summed E-state index contributed by atoms with van der Waals surface area (Å²) < 4.78 is 0. The standard InChI is InChI=1S/C15H24N2S/c1-3-4-5-9-12-16-15(18)17(2)13-14-10-7-6-8-11-14/h6-8,10-11H,3-5,9,12-13H2,1-2H3,(H,16,18). The van der Waals surface area contributed by atoms with Crippen LogP contribution < -0.4 is 5.32 Å². The maximum Gasteiger partial charge on any atom is 0.168 e. The lowest BCUT2D eigenvalue weighted by Crippen LogP contribution is -2.37. The zero-order chi connectivity index (χ0) is 13.2. The normalized spacial score (nSPS) is 10.1. The molecule has 0 atom stereocenters. The minimum absolute atomic E-state index is 0.843. The average Bonchev–Trinajstić information content (AvgIpc) is 2.39. The van der Waals surface area contributed by atoms with Crippen molar-refractivity contribution in [1.82, 2.24) is 10.2 Å². The van der Waals surface area contributed by atoms with E-state index in [1.165, 1.54) is 31.2 Å². The molecular weight excluding hydrogens is 240 g/mol. The monoisotopic (exact) mass is 264 g/mol. The first-order valence-electron chi connectivity index (χ1n) is 6.77. The van der Waals surface area contributed by atoms with Gasteiger partial charge in [0.2, 0.25) is 0 Å². The Balaban J connectivity index is 2.21. The van der Waals surface area contributed by atoms with Gasteiger partial charge in [0.05, 0.1) is 0 Å². The summed E-state index contributed by atoms with van der Waals surface area (Å²) >= 11 is 5.37. The van der Waals surface area contributed by atoms with Gasteiger partial charge in [-0.15, -0.1) is 0 Å². The van der Waals surface area contributed by atoms with Crippen LogP contribution >= 0.6 is 12.2 Å². The van der Waals surface area contributed by atoms with Gasteiger partial charge in [-0.05, 0) is 24.2 Å². The van der Waals surface area contributed by atoms with E-state index in [0.717, 1.165) is 18.2 Å². The van der Waals surface area contributed by atoms with Crippen LogP contribution in [0.4, 0.5) is 0 Å². The second kappa shape index (κ2) is 8.92. The van der Waals surface area contributed by atoms with Crippen molar-refractivity contribution in [2.24, 2.45) is 0 Å². The zero-order valence-electron chi connectivity index (χ0n) is 11.5. The molecule has 0 unspecified atom stereocenters. The first-order chi connectivity index (χ1) is 8.74. The van der Waals surface area contributed by atoms with E-state index in [4.69, 9.17) is 12.2 Å². The third-order valence-corrected chi connectivity index (χ3v) is 3.37. The molecule has 0 spiro atoms. The van der Waals surface area contributed by atoms with E-state index in [1.807, 2.05) is 13.1 Å². The highest BCUT2D eigenvalue weighted by Crippen LogP contribution is 2.03. The summed E-state index contributed by atoms with van der Waals surface area (Å²) in [6.45, 7) is 4.07. The lowest BCUT2D eigenvalue weighted by atomic mass is 10.2. The number of rotatable bonds is 7. The highest BCUT2D eigenvalue weighted by molar-refractivity contribution is 7.80. The van der Waals surface area contributed by atoms with E-state index >= 15 is 0 Å².